The topological polar surface area (TPSA) is 43.4 Å². The van der Waals surface area contributed by atoms with E-state index in [1.165, 1.54) is 11.9 Å². The lowest BCUT2D eigenvalue weighted by Crippen LogP contribution is -2.57. The van der Waals surface area contributed by atoms with Crippen LogP contribution >= 0.6 is 12.6 Å². The molecule has 4 aliphatic rings. The first-order valence-electron chi connectivity index (χ1n) is 10.0. The van der Waals surface area contributed by atoms with Crippen molar-refractivity contribution < 1.29 is 14.3 Å². The molecule has 1 heterocycles. The zero-order valence-electron chi connectivity index (χ0n) is 15.2. The van der Waals surface area contributed by atoms with Gasteiger partial charge >= 0.3 is 0 Å². The van der Waals surface area contributed by atoms with Gasteiger partial charge in [-0.1, -0.05) is 18.9 Å². The van der Waals surface area contributed by atoms with E-state index in [-0.39, 0.29) is 15.8 Å². The van der Waals surface area contributed by atoms with Gasteiger partial charge in [0.15, 0.2) is 0 Å². The lowest BCUT2D eigenvalue weighted by molar-refractivity contribution is -0.148. The van der Waals surface area contributed by atoms with Gasteiger partial charge in [-0.2, -0.15) is 12.6 Å². The van der Waals surface area contributed by atoms with Gasteiger partial charge in [0.1, 0.15) is 12.6 Å². The molecule has 0 aromatic rings. The van der Waals surface area contributed by atoms with Crippen LogP contribution in [0.2, 0.25) is 0 Å². The highest BCUT2D eigenvalue weighted by atomic mass is 32.1. The fourth-order valence-electron chi connectivity index (χ4n) is 7.19. The quantitative estimate of drug-likeness (QED) is 0.464. The number of rotatable bonds is 4. The molecule has 0 N–H and O–H groups in total. The Morgan fingerprint density at radius 3 is 2.68 bits per heavy atom. The van der Waals surface area contributed by atoms with Gasteiger partial charge in [0.2, 0.25) is 0 Å². The molecule has 0 radical (unpaired) electrons. The van der Waals surface area contributed by atoms with Crippen LogP contribution in [0.5, 0.6) is 0 Å². The minimum absolute atomic E-state index is 0.161. The van der Waals surface area contributed by atoms with E-state index in [2.05, 4.69) is 6.92 Å². The molecule has 4 rings (SSSR count). The Morgan fingerprint density at radius 1 is 1.16 bits per heavy atom. The Morgan fingerprint density at radius 2 is 1.96 bits per heavy atom. The van der Waals surface area contributed by atoms with Crippen molar-refractivity contribution in [3.8, 4) is 0 Å². The van der Waals surface area contributed by atoms with Gasteiger partial charge in [-0.3, -0.25) is 4.79 Å². The fraction of sp³-hybridized carbons (Fsp3) is 0.810. The third-order valence-electron chi connectivity index (χ3n) is 8.15. The molecular weight excluding hydrogens is 332 g/mol. The van der Waals surface area contributed by atoms with Crippen LogP contribution < -0.4 is 0 Å². The highest BCUT2D eigenvalue weighted by Crippen LogP contribution is 2.68. The Kier molecular flexibility index (Phi) is 4.43. The molecule has 25 heavy (non-hydrogen) atoms. The van der Waals surface area contributed by atoms with Crippen molar-refractivity contribution in [3.63, 3.8) is 0 Å². The molecule has 4 heteroatoms. The van der Waals surface area contributed by atoms with E-state index < -0.39 is 0 Å². The standard InChI is InChI=1S/C21H30O3S/c1-2-8-20(25)15(7-12-22)3-4-16-17(20)6-10-21-18(16)5-9-19(21,14-23)11-13-24-21/h7,12,14,16-18,25H,2-6,8-11,13H2,1H3/b15-7-/t16?,17?,18?,19-,20?,21?/m0/s1. The summed E-state index contributed by atoms with van der Waals surface area (Å²) in [6.07, 6.45) is 13.2. The molecule has 0 bridgehead atoms. The van der Waals surface area contributed by atoms with Gasteiger partial charge in [0.05, 0.1) is 11.0 Å². The average molecular weight is 363 g/mol. The number of ether oxygens (including phenoxy) is 1. The normalized spacial score (nSPS) is 50.2. The van der Waals surface area contributed by atoms with Crippen LogP contribution in [0, 0.1) is 23.2 Å². The van der Waals surface area contributed by atoms with Crippen LogP contribution in [0.15, 0.2) is 11.6 Å². The second-order valence-electron chi connectivity index (χ2n) is 8.76. The van der Waals surface area contributed by atoms with Crippen molar-refractivity contribution in [2.24, 2.45) is 23.2 Å². The number of allylic oxidation sites excluding steroid dienone is 1. The number of thiol groups is 1. The third kappa shape index (κ3) is 2.22. The van der Waals surface area contributed by atoms with Gasteiger partial charge < -0.3 is 9.53 Å². The van der Waals surface area contributed by atoms with Crippen molar-refractivity contribution in [2.45, 2.75) is 75.1 Å². The van der Waals surface area contributed by atoms with Crippen molar-refractivity contribution in [3.05, 3.63) is 11.6 Å². The van der Waals surface area contributed by atoms with Crippen LogP contribution in [0.3, 0.4) is 0 Å². The molecule has 0 aromatic heterocycles. The maximum Gasteiger partial charge on any atom is 0.142 e. The summed E-state index contributed by atoms with van der Waals surface area (Å²) in [5, 5.41) is 0. The summed E-state index contributed by atoms with van der Waals surface area (Å²) in [6, 6.07) is 0. The van der Waals surface area contributed by atoms with Crippen molar-refractivity contribution in [2.75, 3.05) is 6.61 Å². The first-order valence-corrected chi connectivity index (χ1v) is 10.5. The summed E-state index contributed by atoms with van der Waals surface area (Å²) in [7, 11) is 0. The first-order chi connectivity index (χ1) is 12.1. The van der Waals surface area contributed by atoms with Crippen LogP contribution in [-0.4, -0.2) is 29.5 Å². The summed E-state index contributed by atoms with van der Waals surface area (Å²) in [4.78, 5) is 23.2. The molecule has 0 amide bonds. The largest absolute Gasteiger partial charge is 0.374 e. The molecule has 1 saturated heterocycles. The predicted octanol–water partition coefficient (Wildman–Crippen LogP) is 4.15. The zero-order chi connectivity index (χ0) is 17.7. The molecule has 1 spiro atoms. The van der Waals surface area contributed by atoms with Crippen molar-refractivity contribution in [1.29, 1.82) is 0 Å². The highest BCUT2D eigenvalue weighted by molar-refractivity contribution is 7.82. The number of aldehydes is 2. The van der Waals surface area contributed by atoms with E-state index >= 15 is 0 Å². The van der Waals surface area contributed by atoms with Crippen LogP contribution in [-0.2, 0) is 14.3 Å². The Labute approximate surface area is 156 Å². The summed E-state index contributed by atoms with van der Waals surface area (Å²) in [6.45, 7) is 2.95. The predicted molar refractivity (Wildman–Crippen MR) is 101 cm³/mol. The number of carbonyl (C=O) groups is 2. The number of hydrogen-bond donors (Lipinski definition) is 1. The Balaban J connectivity index is 1.71. The molecule has 6 atom stereocenters. The molecule has 3 aliphatic carbocycles. The minimum Gasteiger partial charge on any atom is -0.374 e. The van der Waals surface area contributed by atoms with Gasteiger partial charge in [0, 0.05) is 11.4 Å². The van der Waals surface area contributed by atoms with Crippen molar-refractivity contribution in [1.82, 2.24) is 0 Å². The fourth-order valence-corrected chi connectivity index (χ4v) is 7.92. The number of hydrogen-bond acceptors (Lipinski definition) is 4. The smallest absolute Gasteiger partial charge is 0.142 e. The van der Waals surface area contributed by atoms with Crippen LogP contribution in [0.25, 0.3) is 0 Å². The Bertz CT molecular complexity index is 602. The third-order valence-corrected chi connectivity index (χ3v) is 9.00. The summed E-state index contributed by atoms with van der Waals surface area (Å²) in [5.74, 6) is 1.56. The van der Waals surface area contributed by atoms with E-state index in [4.69, 9.17) is 17.4 Å². The van der Waals surface area contributed by atoms with E-state index in [1.807, 2.05) is 0 Å². The van der Waals surface area contributed by atoms with E-state index in [1.54, 1.807) is 6.08 Å². The maximum absolute atomic E-state index is 12.0. The second kappa shape index (κ2) is 6.23. The first kappa shape index (κ1) is 17.8. The molecular formula is C21H30O3S. The summed E-state index contributed by atoms with van der Waals surface area (Å²) >= 11 is 5.21. The van der Waals surface area contributed by atoms with E-state index in [0.29, 0.717) is 17.8 Å². The summed E-state index contributed by atoms with van der Waals surface area (Å²) < 4.78 is 6.23. The lowest BCUT2D eigenvalue weighted by atomic mass is 9.53. The van der Waals surface area contributed by atoms with Crippen molar-refractivity contribution >= 4 is 25.2 Å². The molecule has 0 aromatic carbocycles. The molecule has 3 nitrogen and oxygen atoms in total. The van der Waals surface area contributed by atoms with Crippen LogP contribution in [0.1, 0.15) is 64.7 Å². The molecule has 4 fully saturated rings. The van der Waals surface area contributed by atoms with E-state index in [9.17, 15) is 9.59 Å². The van der Waals surface area contributed by atoms with Crippen LogP contribution in [0.4, 0.5) is 0 Å². The Hall–Kier alpha value is -0.610. The van der Waals surface area contributed by atoms with Gasteiger partial charge in [0.25, 0.3) is 0 Å². The van der Waals surface area contributed by atoms with E-state index in [0.717, 1.165) is 70.7 Å². The lowest BCUT2D eigenvalue weighted by Gasteiger charge is -2.57. The average Bonchev–Trinajstić information content (AvgIpc) is 3.10. The molecule has 1 aliphatic heterocycles. The minimum atomic E-state index is -0.231. The molecule has 5 unspecified atom stereocenters. The monoisotopic (exact) mass is 362 g/mol. The SMILES string of the molecule is CCCC1(S)/C(=C\C=O)CCC2C1CCC13OCC[C@]1(C=O)CCC23. The van der Waals surface area contributed by atoms with Gasteiger partial charge in [-0.05, 0) is 75.2 Å². The van der Waals surface area contributed by atoms with Gasteiger partial charge in [-0.15, -0.1) is 0 Å². The maximum atomic E-state index is 12.0. The zero-order valence-corrected chi connectivity index (χ0v) is 16.1. The number of carbonyl (C=O) groups excluding carboxylic acids is 2. The number of fused-ring (bicyclic) bond motifs is 2. The second-order valence-corrected chi connectivity index (χ2v) is 9.56. The molecule has 138 valence electrons. The summed E-state index contributed by atoms with van der Waals surface area (Å²) in [5.41, 5.74) is 0.797. The van der Waals surface area contributed by atoms with Gasteiger partial charge in [-0.25, -0.2) is 0 Å². The highest BCUT2D eigenvalue weighted by Gasteiger charge is 2.69. The molecule has 3 saturated carbocycles.